The summed E-state index contributed by atoms with van der Waals surface area (Å²) in [4.78, 5) is 109. The number of carbonyl (C=O) groups excluding carboxylic acids is 8. The number of unbranched alkanes of at least 4 members (excludes halogenated alkanes) is 5. The number of anilines is 1. The minimum absolute atomic E-state index is 0.00214. The van der Waals surface area contributed by atoms with Crippen molar-refractivity contribution in [1.82, 2.24) is 9.80 Å². The maximum absolute atomic E-state index is 13.4. The van der Waals surface area contributed by atoms with Gasteiger partial charge in [-0.3, -0.25) is 43.4 Å². The quantitative estimate of drug-likeness (QED) is 0.0211. The number of phenols is 1. The molecule has 3 heterocycles. The number of amides is 6. The SMILES string of the molecule is C=CC(=O)Oc1ccc2c3c(ccc(OC)c13)C(=O)N(C1CCCCC1)C2=O.CCCCCCCCOc1ccc2c3c(ccc(OC)c13)C(=O)N(C1CCCCC1)C2=O.COc1ccc2c3c(ccc(C(=O)c4ccccc4O)c13)C(=O)N(c1ccccc1)C2=O. The molecule has 17 heteroatoms. The van der Waals surface area contributed by atoms with Crippen molar-refractivity contribution in [2.75, 3.05) is 32.8 Å². The first kappa shape index (κ1) is 63.4. The number of para-hydroxylation sites is 2. The fourth-order valence-corrected chi connectivity index (χ4v) is 13.5. The van der Waals surface area contributed by atoms with E-state index in [1.165, 1.54) is 74.3 Å². The highest BCUT2D eigenvalue weighted by molar-refractivity contribution is 6.38. The topological polar surface area (TPSA) is 213 Å². The van der Waals surface area contributed by atoms with E-state index in [1.54, 1.807) is 98.1 Å². The molecule has 2 aliphatic carbocycles. The first-order valence-corrected chi connectivity index (χ1v) is 31.7. The minimum atomic E-state index is -0.625. The van der Waals surface area contributed by atoms with Crippen molar-refractivity contribution in [2.24, 2.45) is 0 Å². The van der Waals surface area contributed by atoms with Gasteiger partial charge in [0.25, 0.3) is 35.4 Å². The van der Waals surface area contributed by atoms with Crippen LogP contribution in [0.15, 0.2) is 140 Å². The van der Waals surface area contributed by atoms with Crippen LogP contribution in [-0.2, 0) is 4.79 Å². The zero-order valence-electron chi connectivity index (χ0n) is 52.2. The third kappa shape index (κ3) is 11.9. The van der Waals surface area contributed by atoms with Crippen molar-refractivity contribution in [3.63, 3.8) is 0 Å². The van der Waals surface area contributed by atoms with Gasteiger partial charge in [-0.15, -0.1) is 0 Å². The molecule has 472 valence electrons. The van der Waals surface area contributed by atoms with Gasteiger partial charge in [0.05, 0.1) is 50.0 Å². The van der Waals surface area contributed by atoms with Crippen molar-refractivity contribution in [2.45, 2.75) is 122 Å². The Hall–Kier alpha value is -10.2. The summed E-state index contributed by atoms with van der Waals surface area (Å²) in [5.41, 5.74) is 3.41. The van der Waals surface area contributed by atoms with Crippen LogP contribution in [0.25, 0.3) is 32.3 Å². The summed E-state index contributed by atoms with van der Waals surface area (Å²) in [5, 5.41) is 13.2. The van der Waals surface area contributed by atoms with E-state index in [-0.39, 0.29) is 58.3 Å². The molecule has 2 saturated carbocycles. The number of aromatic hydroxyl groups is 1. The normalized spacial score (nSPS) is 15.4. The number of methoxy groups -OCH3 is 3. The van der Waals surface area contributed by atoms with Crippen LogP contribution in [0.2, 0.25) is 0 Å². The van der Waals surface area contributed by atoms with Gasteiger partial charge in [0, 0.05) is 78.6 Å². The van der Waals surface area contributed by atoms with Gasteiger partial charge in [0.15, 0.2) is 5.78 Å². The molecule has 0 bridgehead atoms. The van der Waals surface area contributed by atoms with Gasteiger partial charge >= 0.3 is 5.97 Å². The molecule has 3 aliphatic heterocycles. The molecule has 0 unspecified atom stereocenters. The van der Waals surface area contributed by atoms with Crippen LogP contribution < -0.4 is 28.6 Å². The van der Waals surface area contributed by atoms with E-state index < -0.39 is 23.6 Å². The first-order valence-electron chi connectivity index (χ1n) is 31.7. The molecule has 0 radical (unpaired) electrons. The first-order chi connectivity index (χ1) is 44.8. The average molecular weight is 1240 g/mol. The molecular weight excluding hydrogens is 1170 g/mol. The molecule has 92 heavy (non-hydrogen) atoms. The molecule has 2 fully saturated rings. The van der Waals surface area contributed by atoms with Gasteiger partial charge < -0.3 is 28.8 Å². The lowest BCUT2D eigenvalue weighted by atomic mass is 9.88. The lowest BCUT2D eigenvalue weighted by Gasteiger charge is -2.36. The molecular formula is C75H73N3O14. The zero-order valence-corrected chi connectivity index (χ0v) is 52.2. The number of rotatable bonds is 18. The van der Waals surface area contributed by atoms with Gasteiger partial charge in [0.1, 0.15) is 34.5 Å². The van der Waals surface area contributed by atoms with E-state index in [1.807, 2.05) is 18.2 Å². The van der Waals surface area contributed by atoms with Crippen molar-refractivity contribution in [1.29, 1.82) is 0 Å². The zero-order chi connectivity index (χ0) is 64.7. The molecule has 0 aromatic heterocycles. The average Bonchev–Trinajstić information content (AvgIpc) is 0.745. The molecule has 1 N–H and O–H groups in total. The van der Waals surface area contributed by atoms with E-state index >= 15 is 0 Å². The molecule has 0 atom stereocenters. The number of benzene rings is 8. The number of nitrogens with zero attached hydrogens (tertiary/aromatic N) is 3. The lowest BCUT2D eigenvalue weighted by molar-refractivity contribution is -0.128. The van der Waals surface area contributed by atoms with Crippen LogP contribution in [0.1, 0.15) is 188 Å². The van der Waals surface area contributed by atoms with Gasteiger partial charge in [-0.25, -0.2) is 9.69 Å². The minimum Gasteiger partial charge on any atom is -0.507 e. The Bertz CT molecular complexity index is 4190. The second kappa shape index (κ2) is 27.9. The van der Waals surface area contributed by atoms with Crippen LogP contribution >= 0.6 is 0 Å². The van der Waals surface area contributed by atoms with Gasteiger partial charge in [-0.2, -0.15) is 0 Å². The molecule has 0 saturated heterocycles. The second-order valence-electron chi connectivity index (χ2n) is 23.5. The number of phenolic OH excluding ortho intramolecular Hbond substituents is 1. The van der Waals surface area contributed by atoms with Crippen LogP contribution in [-0.4, -0.2) is 102 Å². The highest BCUT2D eigenvalue weighted by Gasteiger charge is 2.42. The van der Waals surface area contributed by atoms with Crippen LogP contribution in [0.5, 0.6) is 34.5 Å². The van der Waals surface area contributed by atoms with E-state index in [2.05, 4.69) is 13.5 Å². The van der Waals surface area contributed by atoms with Crippen molar-refractivity contribution >= 4 is 85.2 Å². The molecule has 13 rings (SSSR count). The van der Waals surface area contributed by atoms with Crippen molar-refractivity contribution in [3.8, 4) is 34.5 Å². The summed E-state index contributed by atoms with van der Waals surface area (Å²) in [7, 11) is 4.56. The van der Waals surface area contributed by atoms with Crippen molar-refractivity contribution < 1.29 is 67.1 Å². The fourth-order valence-electron chi connectivity index (χ4n) is 13.5. The van der Waals surface area contributed by atoms with Gasteiger partial charge in [-0.05, 0) is 129 Å². The Morgan fingerprint density at radius 2 is 0.870 bits per heavy atom. The number of hydrogen-bond acceptors (Lipinski definition) is 14. The lowest BCUT2D eigenvalue weighted by Crippen LogP contribution is -2.47. The Balaban J connectivity index is 0.000000142. The van der Waals surface area contributed by atoms with E-state index in [4.69, 9.17) is 23.7 Å². The third-order valence-corrected chi connectivity index (χ3v) is 18.0. The van der Waals surface area contributed by atoms with Gasteiger partial charge in [0.2, 0.25) is 0 Å². The Labute approximate surface area is 533 Å². The summed E-state index contributed by atoms with van der Waals surface area (Å²) in [5.74, 6) is -0.806. The number of ketones is 1. The highest BCUT2D eigenvalue weighted by atomic mass is 16.5. The smallest absolute Gasteiger partial charge is 0.335 e. The predicted molar refractivity (Wildman–Crippen MR) is 350 cm³/mol. The monoisotopic (exact) mass is 1240 g/mol. The van der Waals surface area contributed by atoms with Gasteiger partial charge in [-0.1, -0.05) is 114 Å². The molecule has 17 nitrogen and oxygen atoms in total. The number of carbonyl (C=O) groups is 8. The van der Waals surface area contributed by atoms with E-state index in [0.717, 1.165) is 87.0 Å². The number of esters is 1. The van der Waals surface area contributed by atoms with Crippen LogP contribution in [0, 0.1) is 0 Å². The van der Waals surface area contributed by atoms with Crippen LogP contribution in [0.4, 0.5) is 5.69 Å². The Morgan fingerprint density at radius 1 is 0.457 bits per heavy atom. The van der Waals surface area contributed by atoms with Crippen LogP contribution in [0.3, 0.4) is 0 Å². The summed E-state index contributed by atoms with van der Waals surface area (Å²) < 4.78 is 28.0. The Kier molecular flexibility index (Phi) is 19.2. The van der Waals surface area contributed by atoms with E-state index in [9.17, 15) is 43.5 Å². The predicted octanol–water partition coefficient (Wildman–Crippen LogP) is 15.0. The summed E-state index contributed by atoms with van der Waals surface area (Å²) >= 11 is 0. The standard InChI is InChI=1S/C27H35NO4.C26H17NO5.C22H21NO5/c1-3-4-5-6-7-11-18-32-23-17-15-21-24-20(14-16-22(31-2)25(23)24)26(29)28(27(21)30)19-12-9-8-10-13-19;1-32-21-14-13-19-22-18(25(30)27(26(19)31)15-7-3-2-4-8-15)12-11-17(23(21)22)24(29)16-9-5-6-10-20(16)28;1-3-18(24)28-17-12-10-15-19-14(9-11-16(27-2)20(17)19)21(25)23(22(15)26)13-7-5-4-6-8-13/h14-17,19H,3-13,18H2,1-2H3;2-14,28H,1H3;3,9-13H,1,4-8H2,2H3. The highest BCUT2D eigenvalue weighted by Crippen LogP contribution is 2.46. The fraction of sp³-hybridized carbons (Fsp3) is 0.307. The number of ether oxygens (including phenoxy) is 5. The largest absolute Gasteiger partial charge is 0.507 e. The summed E-state index contributed by atoms with van der Waals surface area (Å²) in [6, 6.07) is 35.0. The molecule has 8 aromatic carbocycles. The van der Waals surface area contributed by atoms with Crippen molar-refractivity contribution in [3.05, 3.63) is 185 Å². The Morgan fingerprint density at radius 3 is 1.36 bits per heavy atom. The number of imide groups is 3. The molecule has 0 spiro atoms. The molecule has 6 amide bonds. The number of hydrogen-bond donors (Lipinski definition) is 1. The van der Waals surface area contributed by atoms with E-state index in [0.29, 0.717) is 95.6 Å². The summed E-state index contributed by atoms with van der Waals surface area (Å²) in [6.45, 7) is 6.24. The molecule has 5 aliphatic rings. The second-order valence-corrected chi connectivity index (χ2v) is 23.5. The maximum atomic E-state index is 13.4. The maximum Gasteiger partial charge on any atom is 0.335 e. The summed E-state index contributed by atoms with van der Waals surface area (Å²) in [6.07, 6.45) is 18.2. The third-order valence-electron chi connectivity index (χ3n) is 18.0. The molecule has 8 aromatic rings.